The van der Waals surface area contributed by atoms with Crippen LogP contribution >= 0.6 is 11.6 Å². The Morgan fingerprint density at radius 1 is 1.13 bits per heavy atom. The highest BCUT2D eigenvalue weighted by atomic mass is 35.5. The van der Waals surface area contributed by atoms with Gasteiger partial charge in [0.2, 0.25) is 0 Å². The van der Waals surface area contributed by atoms with E-state index in [1.165, 1.54) is 6.07 Å². The second kappa shape index (κ2) is 8.24. The number of H-pyrrole nitrogens is 1. The maximum Gasteiger partial charge on any atom is 0.261 e. The molecule has 4 rings (SSSR count). The van der Waals surface area contributed by atoms with E-state index in [0.29, 0.717) is 48.9 Å². The molecule has 164 valence electrons. The zero-order valence-electron chi connectivity index (χ0n) is 17.8. The molecule has 1 aliphatic carbocycles. The van der Waals surface area contributed by atoms with Crippen LogP contribution in [0.4, 0.5) is 0 Å². The number of benzene rings is 1. The Balaban J connectivity index is 1.58. The molecule has 1 saturated heterocycles. The number of carbonyl (C=O) groups is 2. The van der Waals surface area contributed by atoms with Gasteiger partial charge in [-0.25, -0.2) is 0 Å². The Hall–Kier alpha value is -2.44. The lowest BCUT2D eigenvalue weighted by Gasteiger charge is -2.38. The average molecular weight is 443 g/mol. The number of hydrogen-bond donors (Lipinski definition) is 2. The van der Waals surface area contributed by atoms with Crippen LogP contribution in [0.2, 0.25) is 5.02 Å². The molecule has 0 atom stereocenters. The zero-order valence-corrected chi connectivity index (χ0v) is 18.6. The third kappa shape index (κ3) is 4.46. The van der Waals surface area contributed by atoms with Crippen molar-refractivity contribution in [3.05, 3.63) is 68.1 Å². The molecule has 31 heavy (non-hydrogen) atoms. The molecule has 2 N–H and O–H groups in total. The number of rotatable bonds is 4. The van der Waals surface area contributed by atoms with Gasteiger partial charge < -0.3 is 15.0 Å². The van der Waals surface area contributed by atoms with E-state index in [9.17, 15) is 14.4 Å². The Bertz CT molecular complexity index is 1070. The normalized spacial score (nSPS) is 19.5. The third-order valence-electron chi connectivity index (χ3n) is 6.46. The Morgan fingerprint density at radius 3 is 2.48 bits per heavy atom. The van der Waals surface area contributed by atoms with Crippen LogP contribution in [0.5, 0.6) is 0 Å². The van der Waals surface area contributed by atoms with E-state index in [4.69, 9.17) is 16.3 Å². The highest BCUT2D eigenvalue weighted by Gasteiger charge is 2.36. The molecule has 2 aliphatic rings. The smallest absolute Gasteiger partial charge is 0.261 e. The molecule has 0 radical (unpaired) electrons. The number of Topliss-reactive ketones (excluding diaryl/α,β-unsaturated/α-hetero) is 1. The summed E-state index contributed by atoms with van der Waals surface area (Å²) in [4.78, 5) is 40.9. The lowest BCUT2D eigenvalue weighted by atomic mass is 9.74. The van der Waals surface area contributed by atoms with Crippen molar-refractivity contribution in [2.75, 3.05) is 19.8 Å². The number of halogens is 1. The summed E-state index contributed by atoms with van der Waals surface area (Å²) in [5, 5.41) is 3.60. The van der Waals surface area contributed by atoms with Crippen molar-refractivity contribution >= 4 is 23.3 Å². The van der Waals surface area contributed by atoms with Crippen LogP contribution in [0.1, 0.15) is 65.1 Å². The summed E-state index contributed by atoms with van der Waals surface area (Å²) in [5.41, 5.74) is 1.16. The van der Waals surface area contributed by atoms with Gasteiger partial charge in [-0.2, -0.15) is 0 Å². The second-order valence-corrected chi connectivity index (χ2v) is 9.86. The predicted octanol–water partition coefficient (Wildman–Crippen LogP) is 3.66. The molecule has 2 aromatic rings. The number of hydrogen-bond acceptors (Lipinski definition) is 4. The number of carbonyl (C=O) groups excluding carboxylic acids is 2. The number of amides is 1. The standard InChI is InChI=1S/C24H27ClN2O4/c1-23(2)12-19-17(20(28)13-23)11-18(22(30)27-19)21(29)26-14-24(7-9-31-10-8-24)15-3-5-16(25)6-4-15/h3-6,11H,7-10,12-14H2,1-2H3,(H,26,29)(H,27,30). The van der Waals surface area contributed by atoms with Gasteiger partial charge in [0.05, 0.1) is 0 Å². The van der Waals surface area contributed by atoms with Crippen molar-refractivity contribution in [1.29, 1.82) is 0 Å². The van der Waals surface area contributed by atoms with Crippen molar-refractivity contribution in [3.8, 4) is 0 Å². The second-order valence-electron chi connectivity index (χ2n) is 9.43. The number of aromatic nitrogens is 1. The first-order valence-corrected chi connectivity index (χ1v) is 11.0. The van der Waals surface area contributed by atoms with Gasteiger partial charge in [-0.05, 0) is 48.4 Å². The molecule has 7 heteroatoms. The fraction of sp³-hybridized carbons (Fsp3) is 0.458. The molecule has 1 fully saturated rings. The summed E-state index contributed by atoms with van der Waals surface area (Å²) in [7, 11) is 0. The van der Waals surface area contributed by atoms with Crippen LogP contribution in [0.25, 0.3) is 0 Å². The first kappa shape index (κ1) is 21.8. The van der Waals surface area contributed by atoms with Gasteiger partial charge in [-0.1, -0.05) is 37.6 Å². The van der Waals surface area contributed by atoms with E-state index in [1.807, 2.05) is 38.1 Å². The van der Waals surface area contributed by atoms with Crippen LogP contribution in [-0.2, 0) is 16.6 Å². The first-order chi connectivity index (χ1) is 14.7. The molecule has 0 spiro atoms. The van der Waals surface area contributed by atoms with Crippen LogP contribution in [0.15, 0.2) is 35.1 Å². The minimum atomic E-state index is -0.471. The van der Waals surface area contributed by atoms with Crippen LogP contribution < -0.4 is 10.9 Å². The number of aromatic amines is 1. The van der Waals surface area contributed by atoms with Crippen LogP contribution in [-0.4, -0.2) is 36.4 Å². The van der Waals surface area contributed by atoms with Crippen molar-refractivity contribution < 1.29 is 14.3 Å². The van der Waals surface area contributed by atoms with Crippen LogP contribution in [0, 0.1) is 5.41 Å². The fourth-order valence-electron chi connectivity index (χ4n) is 4.67. The summed E-state index contributed by atoms with van der Waals surface area (Å²) in [5.74, 6) is -0.514. The van der Waals surface area contributed by atoms with Gasteiger partial charge in [0, 0.05) is 47.9 Å². The summed E-state index contributed by atoms with van der Waals surface area (Å²) < 4.78 is 5.54. The number of pyridine rings is 1. The highest BCUT2D eigenvalue weighted by Crippen LogP contribution is 2.35. The summed E-state index contributed by atoms with van der Waals surface area (Å²) >= 11 is 6.05. The van der Waals surface area contributed by atoms with Gasteiger partial charge >= 0.3 is 0 Å². The minimum Gasteiger partial charge on any atom is -0.381 e. The first-order valence-electron chi connectivity index (χ1n) is 10.6. The van der Waals surface area contributed by atoms with Gasteiger partial charge in [-0.15, -0.1) is 0 Å². The SMILES string of the molecule is CC1(C)CC(=O)c2cc(C(=O)NCC3(c4ccc(Cl)cc4)CCOCC3)c(=O)[nH]c2C1. The van der Waals surface area contributed by atoms with E-state index >= 15 is 0 Å². The third-order valence-corrected chi connectivity index (χ3v) is 6.71. The van der Waals surface area contributed by atoms with E-state index in [2.05, 4.69) is 10.3 Å². The van der Waals surface area contributed by atoms with Gasteiger partial charge in [0.15, 0.2) is 5.78 Å². The van der Waals surface area contributed by atoms with Crippen molar-refractivity contribution in [2.45, 2.75) is 44.9 Å². The number of fused-ring (bicyclic) bond motifs is 1. The molecule has 0 bridgehead atoms. The van der Waals surface area contributed by atoms with Gasteiger partial charge in [0.25, 0.3) is 11.5 Å². The number of nitrogens with one attached hydrogen (secondary N) is 2. The molecule has 1 aliphatic heterocycles. The fourth-order valence-corrected chi connectivity index (χ4v) is 4.80. The minimum absolute atomic E-state index is 0.0230. The molecule has 0 unspecified atom stereocenters. The largest absolute Gasteiger partial charge is 0.381 e. The Kier molecular flexibility index (Phi) is 5.79. The van der Waals surface area contributed by atoms with E-state index in [1.54, 1.807) is 0 Å². The highest BCUT2D eigenvalue weighted by molar-refractivity contribution is 6.30. The molecule has 2 heterocycles. The van der Waals surface area contributed by atoms with Gasteiger partial charge in [-0.3, -0.25) is 14.4 Å². The summed E-state index contributed by atoms with van der Waals surface area (Å²) in [6.07, 6.45) is 2.50. The maximum absolute atomic E-state index is 13.0. The lowest BCUT2D eigenvalue weighted by Crippen LogP contribution is -2.45. The quantitative estimate of drug-likeness (QED) is 0.756. The lowest BCUT2D eigenvalue weighted by molar-refractivity contribution is 0.0487. The zero-order chi connectivity index (χ0) is 22.2. The van der Waals surface area contributed by atoms with Crippen molar-refractivity contribution in [1.82, 2.24) is 10.3 Å². The molecule has 1 aromatic heterocycles. The van der Waals surface area contributed by atoms with Crippen molar-refractivity contribution in [3.63, 3.8) is 0 Å². The topological polar surface area (TPSA) is 88.3 Å². The maximum atomic E-state index is 13.0. The molecule has 0 saturated carbocycles. The van der Waals surface area contributed by atoms with Crippen LogP contribution in [0.3, 0.4) is 0 Å². The van der Waals surface area contributed by atoms with E-state index < -0.39 is 11.5 Å². The molecular weight excluding hydrogens is 416 g/mol. The van der Waals surface area contributed by atoms with Gasteiger partial charge in [0.1, 0.15) is 5.56 Å². The molecular formula is C24H27ClN2O4. The number of ether oxygens (including phenoxy) is 1. The molecule has 6 nitrogen and oxygen atoms in total. The number of ketones is 1. The van der Waals surface area contributed by atoms with Crippen molar-refractivity contribution in [2.24, 2.45) is 5.41 Å². The summed E-state index contributed by atoms with van der Waals surface area (Å²) in [6, 6.07) is 9.10. The van der Waals surface area contributed by atoms with E-state index in [-0.39, 0.29) is 22.2 Å². The molecule has 1 amide bonds. The average Bonchev–Trinajstić information content (AvgIpc) is 2.72. The Labute approximate surface area is 186 Å². The Morgan fingerprint density at radius 2 is 1.81 bits per heavy atom. The molecule has 1 aromatic carbocycles. The summed E-state index contributed by atoms with van der Waals surface area (Å²) in [6.45, 7) is 5.56. The predicted molar refractivity (Wildman–Crippen MR) is 119 cm³/mol. The van der Waals surface area contributed by atoms with E-state index in [0.717, 1.165) is 18.4 Å². The monoisotopic (exact) mass is 442 g/mol.